The van der Waals surface area contributed by atoms with E-state index in [1.54, 1.807) is 6.92 Å². The zero-order chi connectivity index (χ0) is 23.0. The van der Waals surface area contributed by atoms with Gasteiger partial charge in [0, 0.05) is 5.41 Å². The average Bonchev–Trinajstić information content (AvgIpc) is 2.81. The van der Waals surface area contributed by atoms with E-state index in [0.29, 0.717) is 23.8 Å². The zero-order valence-corrected chi connectivity index (χ0v) is 19.4. The minimum atomic E-state index is -0.647. The Balaban J connectivity index is 1.63. The first-order chi connectivity index (χ1) is 15.4. The molecule has 0 aliphatic carbocycles. The number of hydrogen-bond donors (Lipinski definition) is 1. The highest BCUT2D eigenvalue weighted by Gasteiger charge is 2.23. The molecule has 32 heavy (non-hydrogen) atoms. The zero-order valence-electron chi connectivity index (χ0n) is 19.4. The molecule has 0 heterocycles. The van der Waals surface area contributed by atoms with E-state index >= 15 is 0 Å². The van der Waals surface area contributed by atoms with Gasteiger partial charge in [0.15, 0.2) is 6.10 Å². The van der Waals surface area contributed by atoms with Gasteiger partial charge in [-0.05, 0) is 48.7 Å². The number of unbranched alkanes of at least 4 members (excludes halogenated alkanes) is 1. The maximum atomic E-state index is 12.7. The van der Waals surface area contributed by atoms with E-state index in [-0.39, 0.29) is 11.3 Å². The largest absolute Gasteiger partial charge is 0.491 e. The van der Waals surface area contributed by atoms with Crippen molar-refractivity contribution in [3.8, 4) is 11.5 Å². The molecular formula is C28H33NO3. The second-order valence-electron chi connectivity index (χ2n) is 8.46. The highest BCUT2D eigenvalue weighted by molar-refractivity contribution is 5.95. The molecule has 1 N–H and O–H groups in total. The van der Waals surface area contributed by atoms with Crippen LogP contribution in [0.4, 0.5) is 5.69 Å². The number of para-hydroxylation sites is 2. The third-order valence-corrected chi connectivity index (χ3v) is 5.65. The van der Waals surface area contributed by atoms with Gasteiger partial charge in [0.1, 0.15) is 11.5 Å². The lowest BCUT2D eigenvalue weighted by atomic mass is 9.78. The molecule has 4 heteroatoms. The summed E-state index contributed by atoms with van der Waals surface area (Å²) in [5.74, 6) is 1.12. The number of rotatable bonds is 10. The van der Waals surface area contributed by atoms with Crippen LogP contribution in [0, 0.1) is 0 Å². The van der Waals surface area contributed by atoms with Gasteiger partial charge >= 0.3 is 0 Å². The van der Waals surface area contributed by atoms with Crippen LogP contribution in [0.5, 0.6) is 11.5 Å². The van der Waals surface area contributed by atoms with Gasteiger partial charge in [-0.3, -0.25) is 4.79 Å². The molecule has 0 radical (unpaired) electrons. The fourth-order valence-corrected chi connectivity index (χ4v) is 3.49. The minimum absolute atomic E-state index is 0.121. The molecule has 168 valence electrons. The molecular weight excluding hydrogens is 398 g/mol. The van der Waals surface area contributed by atoms with E-state index in [4.69, 9.17) is 9.47 Å². The summed E-state index contributed by atoms with van der Waals surface area (Å²) in [4.78, 5) is 12.7. The summed E-state index contributed by atoms with van der Waals surface area (Å²) in [7, 11) is 0. The van der Waals surface area contributed by atoms with Crippen LogP contribution >= 0.6 is 0 Å². The van der Waals surface area contributed by atoms with Crippen LogP contribution in [0.3, 0.4) is 0 Å². The molecule has 0 aliphatic heterocycles. The first-order valence-corrected chi connectivity index (χ1v) is 11.3. The lowest BCUT2D eigenvalue weighted by Gasteiger charge is -2.26. The van der Waals surface area contributed by atoms with Crippen LogP contribution in [0.1, 0.15) is 51.7 Å². The normalized spacial score (nSPS) is 12.1. The molecule has 0 saturated carbocycles. The van der Waals surface area contributed by atoms with E-state index < -0.39 is 6.10 Å². The molecule has 0 aliphatic rings. The Kier molecular flexibility index (Phi) is 7.93. The van der Waals surface area contributed by atoms with E-state index in [1.807, 2.05) is 42.5 Å². The molecule has 1 atom stereocenters. The number of anilines is 1. The van der Waals surface area contributed by atoms with Crippen molar-refractivity contribution in [1.82, 2.24) is 0 Å². The van der Waals surface area contributed by atoms with Crippen molar-refractivity contribution >= 4 is 11.6 Å². The summed E-state index contributed by atoms with van der Waals surface area (Å²) in [6.45, 7) is 8.90. The summed E-state index contributed by atoms with van der Waals surface area (Å²) in [5, 5.41) is 2.93. The number of hydrogen-bond acceptors (Lipinski definition) is 3. The number of carbonyl (C=O) groups excluding carboxylic acids is 1. The third-order valence-electron chi connectivity index (χ3n) is 5.65. The molecule has 3 rings (SSSR count). The van der Waals surface area contributed by atoms with Gasteiger partial charge in [-0.1, -0.05) is 81.8 Å². The average molecular weight is 432 g/mol. The van der Waals surface area contributed by atoms with Crippen molar-refractivity contribution < 1.29 is 14.3 Å². The van der Waals surface area contributed by atoms with Gasteiger partial charge in [0.05, 0.1) is 12.3 Å². The number of nitrogens with one attached hydrogen (secondary N) is 1. The lowest BCUT2D eigenvalue weighted by molar-refractivity contribution is -0.122. The molecule has 0 spiro atoms. The predicted molar refractivity (Wildman–Crippen MR) is 131 cm³/mol. The molecule has 4 nitrogen and oxygen atoms in total. The summed E-state index contributed by atoms with van der Waals surface area (Å²) in [6.07, 6.45) is 1.38. The number of carbonyl (C=O) groups is 1. The van der Waals surface area contributed by atoms with Crippen molar-refractivity contribution in [3.63, 3.8) is 0 Å². The Labute approximate surface area is 191 Å². The Morgan fingerprint density at radius 2 is 1.53 bits per heavy atom. The maximum Gasteiger partial charge on any atom is 0.265 e. The van der Waals surface area contributed by atoms with Crippen LogP contribution in [-0.4, -0.2) is 18.6 Å². The predicted octanol–water partition coefficient (Wildman–Crippen LogP) is 6.60. The van der Waals surface area contributed by atoms with Crippen molar-refractivity contribution in [1.29, 1.82) is 0 Å². The second kappa shape index (κ2) is 10.9. The summed E-state index contributed by atoms with van der Waals surface area (Å²) in [5.41, 5.74) is 2.97. The third kappa shape index (κ3) is 5.91. The van der Waals surface area contributed by atoms with Crippen LogP contribution in [0.15, 0.2) is 78.9 Å². The topological polar surface area (TPSA) is 47.6 Å². The Hall–Kier alpha value is -3.27. The van der Waals surface area contributed by atoms with Gasteiger partial charge in [-0.2, -0.15) is 0 Å². The highest BCUT2D eigenvalue weighted by atomic mass is 16.5. The molecule has 3 aromatic carbocycles. The highest BCUT2D eigenvalue weighted by Crippen LogP contribution is 2.32. The number of amides is 1. The fraction of sp³-hybridized carbons (Fsp3) is 0.321. The van der Waals surface area contributed by atoms with Crippen molar-refractivity contribution in [2.45, 2.75) is 52.1 Å². The standard InChI is InChI=1S/C28H33NO3/c1-5-6-20-31-26-15-11-10-14-25(26)29-27(30)21(2)32-24-18-16-23(17-19-24)28(3,4)22-12-8-7-9-13-22/h7-19,21H,5-6,20H2,1-4H3,(H,29,30). The maximum absolute atomic E-state index is 12.7. The SMILES string of the molecule is CCCCOc1ccccc1NC(=O)C(C)Oc1ccc(C(C)(C)c2ccccc2)cc1. The number of ether oxygens (including phenoxy) is 2. The van der Waals surface area contributed by atoms with E-state index in [9.17, 15) is 4.79 Å². The lowest BCUT2D eigenvalue weighted by Crippen LogP contribution is -2.30. The fourth-order valence-electron chi connectivity index (χ4n) is 3.49. The molecule has 0 bridgehead atoms. The van der Waals surface area contributed by atoms with Crippen LogP contribution in [-0.2, 0) is 10.2 Å². The first-order valence-electron chi connectivity index (χ1n) is 11.3. The molecule has 1 unspecified atom stereocenters. The van der Waals surface area contributed by atoms with Crippen LogP contribution < -0.4 is 14.8 Å². The van der Waals surface area contributed by atoms with Gasteiger partial charge < -0.3 is 14.8 Å². The Morgan fingerprint density at radius 3 is 2.22 bits per heavy atom. The first kappa shape index (κ1) is 23.4. The summed E-state index contributed by atoms with van der Waals surface area (Å²) < 4.78 is 11.7. The second-order valence-corrected chi connectivity index (χ2v) is 8.46. The quantitative estimate of drug-likeness (QED) is 0.368. The van der Waals surface area contributed by atoms with Crippen molar-refractivity contribution in [2.75, 3.05) is 11.9 Å². The molecule has 1 amide bonds. The molecule has 0 saturated heterocycles. The smallest absolute Gasteiger partial charge is 0.265 e. The Morgan fingerprint density at radius 1 is 0.906 bits per heavy atom. The van der Waals surface area contributed by atoms with Crippen molar-refractivity contribution in [2.24, 2.45) is 0 Å². The van der Waals surface area contributed by atoms with Gasteiger partial charge in [-0.25, -0.2) is 0 Å². The van der Waals surface area contributed by atoms with Gasteiger partial charge in [-0.15, -0.1) is 0 Å². The summed E-state index contributed by atoms with van der Waals surface area (Å²) in [6, 6.07) is 25.9. The molecule has 0 aromatic heterocycles. The molecule has 0 fully saturated rings. The van der Waals surface area contributed by atoms with Crippen LogP contribution in [0.2, 0.25) is 0 Å². The minimum Gasteiger partial charge on any atom is -0.491 e. The van der Waals surface area contributed by atoms with Crippen molar-refractivity contribution in [3.05, 3.63) is 90.0 Å². The van der Waals surface area contributed by atoms with Gasteiger partial charge in [0.25, 0.3) is 5.91 Å². The van der Waals surface area contributed by atoms with E-state index in [0.717, 1.165) is 12.8 Å². The number of benzene rings is 3. The van der Waals surface area contributed by atoms with Crippen LogP contribution in [0.25, 0.3) is 0 Å². The summed E-state index contributed by atoms with van der Waals surface area (Å²) >= 11 is 0. The Bertz CT molecular complexity index is 997. The van der Waals surface area contributed by atoms with Gasteiger partial charge in [0.2, 0.25) is 0 Å². The van der Waals surface area contributed by atoms with E-state index in [1.165, 1.54) is 11.1 Å². The molecule has 3 aromatic rings. The van der Waals surface area contributed by atoms with E-state index in [2.05, 4.69) is 62.5 Å². The monoisotopic (exact) mass is 431 g/mol.